The molecule has 0 unspecified atom stereocenters. The summed E-state index contributed by atoms with van der Waals surface area (Å²) >= 11 is 0. The fourth-order valence-corrected chi connectivity index (χ4v) is 1.60. The van der Waals surface area contributed by atoms with Gasteiger partial charge in [0.2, 0.25) is 6.43 Å². The van der Waals surface area contributed by atoms with E-state index in [0.717, 1.165) is 0 Å². The van der Waals surface area contributed by atoms with E-state index in [-0.39, 0.29) is 0 Å². The Morgan fingerprint density at radius 1 is 1.45 bits per heavy atom. The van der Waals surface area contributed by atoms with E-state index in [1.54, 1.807) is 0 Å². The summed E-state index contributed by atoms with van der Waals surface area (Å²) in [5.41, 5.74) is 0. The number of halogens is 2. The maximum absolute atomic E-state index is 12.1. The summed E-state index contributed by atoms with van der Waals surface area (Å²) < 4.78 is 24.2. The van der Waals surface area contributed by atoms with Crippen molar-refractivity contribution in [3.8, 4) is 0 Å². The van der Waals surface area contributed by atoms with Crippen LogP contribution in [0.25, 0.3) is 0 Å². The lowest BCUT2D eigenvalue weighted by Gasteiger charge is -2.13. The minimum Gasteiger partial charge on any atom is -0.481 e. The van der Waals surface area contributed by atoms with E-state index < -0.39 is 24.2 Å². The highest BCUT2D eigenvalue weighted by Crippen LogP contribution is 2.35. The molecule has 1 rings (SSSR count). The van der Waals surface area contributed by atoms with Crippen molar-refractivity contribution in [2.24, 2.45) is 11.8 Å². The van der Waals surface area contributed by atoms with Gasteiger partial charge in [-0.1, -0.05) is 6.42 Å². The molecule has 0 aromatic heterocycles. The Morgan fingerprint density at radius 3 is 2.45 bits per heavy atom. The molecule has 0 amide bonds. The first kappa shape index (κ1) is 8.43. The number of rotatable bonds is 2. The van der Waals surface area contributed by atoms with Gasteiger partial charge in [0.1, 0.15) is 0 Å². The molecular formula is C7H10F2O2. The molecule has 0 aromatic carbocycles. The lowest BCUT2D eigenvalue weighted by molar-refractivity contribution is -0.145. The van der Waals surface area contributed by atoms with Crippen molar-refractivity contribution >= 4 is 5.97 Å². The lowest BCUT2D eigenvalue weighted by Crippen LogP contribution is -2.23. The summed E-state index contributed by atoms with van der Waals surface area (Å²) in [5, 5.41) is 8.50. The van der Waals surface area contributed by atoms with Crippen LogP contribution in [0.2, 0.25) is 0 Å². The van der Waals surface area contributed by atoms with Gasteiger partial charge in [0, 0.05) is 5.92 Å². The van der Waals surface area contributed by atoms with Crippen LogP contribution in [0.3, 0.4) is 0 Å². The average molecular weight is 164 g/mol. The third-order valence-electron chi connectivity index (χ3n) is 2.21. The van der Waals surface area contributed by atoms with E-state index in [1.807, 2.05) is 0 Å². The normalized spacial score (nSPS) is 31.2. The van der Waals surface area contributed by atoms with Crippen LogP contribution < -0.4 is 0 Å². The second kappa shape index (κ2) is 3.15. The van der Waals surface area contributed by atoms with Gasteiger partial charge in [0.15, 0.2) is 0 Å². The molecule has 2 nitrogen and oxygen atoms in total. The average Bonchev–Trinajstić information content (AvgIpc) is 2.32. The highest BCUT2D eigenvalue weighted by Gasteiger charge is 2.38. The second-order valence-electron chi connectivity index (χ2n) is 2.87. The van der Waals surface area contributed by atoms with E-state index in [2.05, 4.69) is 0 Å². The molecule has 11 heavy (non-hydrogen) atoms. The Balaban J connectivity index is 2.58. The molecule has 0 aliphatic heterocycles. The number of hydrogen-bond acceptors (Lipinski definition) is 1. The molecule has 0 aromatic rings. The van der Waals surface area contributed by atoms with Crippen LogP contribution in [0.4, 0.5) is 8.78 Å². The van der Waals surface area contributed by atoms with E-state index >= 15 is 0 Å². The Morgan fingerprint density at radius 2 is 2.09 bits per heavy atom. The summed E-state index contributed by atoms with van der Waals surface area (Å²) in [4.78, 5) is 10.4. The number of alkyl halides is 2. The zero-order chi connectivity index (χ0) is 8.43. The molecule has 1 fully saturated rings. The van der Waals surface area contributed by atoms with E-state index in [0.29, 0.717) is 19.3 Å². The Bertz CT molecular complexity index is 159. The summed E-state index contributed by atoms with van der Waals surface area (Å²) in [5.74, 6) is -2.80. The largest absolute Gasteiger partial charge is 0.481 e. The third-order valence-corrected chi connectivity index (χ3v) is 2.21. The Kier molecular flexibility index (Phi) is 2.42. The quantitative estimate of drug-likeness (QED) is 0.675. The highest BCUT2D eigenvalue weighted by molar-refractivity contribution is 5.70. The summed E-state index contributed by atoms with van der Waals surface area (Å²) in [7, 11) is 0. The lowest BCUT2D eigenvalue weighted by atomic mass is 9.97. The zero-order valence-electron chi connectivity index (χ0n) is 5.96. The number of carbonyl (C=O) groups is 1. The Hall–Kier alpha value is -0.670. The number of aliphatic carboxylic acids is 1. The van der Waals surface area contributed by atoms with Gasteiger partial charge in [-0.25, -0.2) is 8.78 Å². The van der Waals surface area contributed by atoms with E-state index in [9.17, 15) is 13.6 Å². The monoisotopic (exact) mass is 164 g/mol. The van der Waals surface area contributed by atoms with Gasteiger partial charge in [-0.2, -0.15) is 0 Å². The first-order valence-corrected chi connectivity index (χ1v) is 3.64. The molecule has 0 saturated heterocycles. The number of carboxylic acid groups (broad SMARTS) is 1. The van der Waals surface area contributed by atoms with Gasteiger partial charge in [-0.3, -0.25) is 4.79 Å². The minimum atomic E-state index is -2.47. The summed E-state index contributed by atoms with van der Waals surface area (Å²) in [6.45, 7) is 0. The maximum Gasteiger partial charge on any atom is 0.306 e. The summed E-state index contributed by atoms with van der Waals surface area (Å²) in [6.07, 6.45) is -1.09. The van der Waals surface area contributed by atoms with Gasteiger partial charge in [-0.15, -0.1) is 0 Å². The molecule has 1 aliphatic carbocycles. The van der Waals surface area contributed by atoms with Crippen molar-refractivity contribution in [1.29, 1.82) is 0 Å². The van der Waals surface area contributed by atoms with Crippen molar-refractivity contribution in [3.05, 3.63) is 0 Å². The standard InChI is InChI=1S/C7H10F2O2/c8-6(9)4-2-1-3-5(4)7(10)11/h4-6H,1-3H2,(H,10,11)/t4-,5-/m0/s1. The van der Waals surface area contributed by atoms with Crippen LogP contribution in [-0.2, 0) is 4.79 Å². The van der Waals surface area contributed by atoms with Gasteiger partial charge in [0.05, 0.1) is 5.92 Å². The first-order valence-electron chi connectivity index (χ1n) is 3.64. The van der Waals surface area contributed by atoms with E-state index in [4.69, 9.17) is 5.11 Å². The van der Waals surface area contributed by atoms with Crippen molar-refractivity contribution in [2.45, 2.75) is 25.7 Å². The van der Waals surface area contributed by atoms with Crippen molar-refractivity contribution in [3.63, 3.8) is 0 Å². The molecule has 64 valence electrons. The SMILES string of the molecule is O=C(O)[C@H]1CCC[C@@H]1C(F)F. The minimum absolute atomic E-state index is 0.356. The van der Waals surface area contributed by atoms with Crippen LogP contribution in [0, 0.1) is 11.8 Å². The third kappa shape index (κ3) is 1.67. The van der Waals surface area contributed by atoms with Crippen molar-refractivity contribution in [1.82, 2.24) is 0 Å². The van der Waals surface area contributed by atoms with Crippen LogP contribution in [-0.4, -0.2) is 17.5 Å². The van der Waals surface area contributed by atoms with Crippen molar-refractivity contribution < 1.29 is 18.7 Å². The van der Waals surface area contributed by atoms with E-state index in [1.165, 1.54) is 0 Å². The van der Waals surface area contributed by atoms with Crippen LogP contribution >= 0.6 is 0 Å². The molecule has 1 aliphatic rings. The topological polar surface area (TPSA) is 37.3 Å². The molecule has 1 saturated carbocycles. The molecular weight excluding hydrogens is 154 g/mol. The van der Waals surface area contributed by atoms with Gasteiger partial charge < -0.3 is 5.11 Å². The molecule has 4 heteroatoms. The van der Waals surface area contributed by atoms with Gasteiger partial charge >= 0.3 is 5.97 Å². The maximum atomic E-state index is 12.1. The van der Waals surface area contributed by atoms with Crippen molar-refractivity contribution in [2.75, 3.05) is 0 Å². The van der Waals surface area contributed by atoms with Gasteiger partial charge in [-0.05, 0) is 12.8 Å². The predicted octanol–water partition coefficient (Wildman–Crippen LogP) is 1.75. The second-order valence-corrected chi connectivity index (χ2v) is 2.87. The highest BCUT2D eigenvalue weighted by atomic mass is 19.3. The van der Waals surface area contributed by atoms with Crippen LogP contribution in [0.5, 0.6) is 0 Å². The molecule has 0 heterocycles. The fourth-order valence-electron chi connectivity index (χ4n) is 1.60. The smallest absolute Gasteiger partial charge is 0.306 e. The number of hydrogen-bond donors (Lipinski definition) is 1. The zero-order valence-corrected chi connectivity index (χ0v) is 5.96. The van der Waals surface area contributed by atoms with Crippen LogP contribution in [0.15, 0.2) is 0 Å². The Labute approximate surface area is 63.2 Å². The molecule has 0 spiro atoms. The molecule has 0 radical (unpaired) electrons. The predicted molar refractivity (Wildman–Crippen MR) is 34.5 cm³/mol. The number of carboxylic acids is 1. The first-order chi connectivity index (χ1) is 5.13. The molecule has 1 N–H and O–H groups in total. The summed E-state index contributed by atoms with van der Waals surface area (Å²) in [6, 6.07) is 0. The molecule has 2 atom stereocenters. The van der Waals surface area contributed by atoms with Gasteiger partial charge in [0.25, 0.3) is 0 Å². The van der Waals surface area contributed by atoms with Crippen LogP contribution in [0.1, 0.15) is 19.3 Å². The fraction of sp³-hybridized carbons (Fsp3) is 0.857. The molecule has 0 bridgehead atoms.